The number of fused-ring (bicyclic) bond motifs is 1. The number of hydrogen-bond donors (Lipinski definition) is 2. The van der Waals surface area contributed by atoms with Crippen molar-refractivity contribution in [1.82, 2.24) is 20.0 Å². The second kappa shape index (κ2) is 10.1. The molecule has 2 heterocycles. The molecule has 0 amide bonds. The molecule has 0 aliphatic rings. The number of nitrogens with zero attached hydrogens (tertiary/aromatic N) is 3. The average Bonchev–Trinajstić information content (AvgIpc) is 3.29. The number of aromatic nitrogens is 2. The topological polar surface area (TPSA) is 72.2 Å². The molecule has 3 rings (SSSR count). The molecule has 3 aromatic rings. The number of ether oxygens (including phenoxy) is 2. The molecule has 0 aliphatic carbocycles. The Labute approximate surface area is 171 Å². The van der Waals surface area contributed by atoms with Gasteiger partial charge in [-0.2, -0.15) is 8.78 Å². The van der Waals surface area contributed by atoms with Gasteiger partial charge in [-0.1, -0.05) is 6.92 Å². The first kappa shape index (κ1) is 20.8. The van der Waals surface area contributed by atoms with Crippen molar-refractivity contribution in [1.29, 1.82) is 0 Å². The SMILES string of the molecule is CCCOc1ccc(CNC(=NC)NCc2cn3ccsc3n2)c(OC(F)F)c1. The van der Waals surface area contributed by atoms with E-state index in [1.54, 1.807) is 30.5 Å². The third-order valence-electron chi connectivity index (χ3n) is 3.98. The van der Waals surface area contributed by atoms with Gasteiger partial charge in [0.1, 0.15) is 11.5 Å². The zero-order chi connectivity index (χ0) is 20.6. The summed E-state index contributed by atoms with van der Waals surface area (Å²) in [4.78, 5) is 9.57. The van der Waals surface area contributed by atoms with Crippen molar-refractivity contribution in [2.45, 2.75) is 33.0 Å². The highest BCUT2D eigenvalue weighted by atomic mass is 32.1. The summed E-state index contributed by atoms with van der Waals surface area (Å²) >= 11 is 1.56. The third-order valence-corrected chi connectivity index (χ3v) is 4.75. The van der Waals surface area contributed by atoms with Crippen LogP contribution in [0.5, 0.6) is 11.5 Å². The summed E-state index contributed by atoms with van der Waals surface area (Å²) in [5.41, 5.74) is 1.44. The first-order chi connectivity index (χ1) is 14.1. The van der Waals surface area contributed by atoms with Crippen LogP contribution < -0.4 is 20.1 Å². The molecule has 2 N–H and O–H groups in total. The molecule has 0 spiro atoms. The van der Waals surface area contributed by atoms with E-state index >= 15 is 0 Å². The fourth-order valence-electron chi connectivity index (χ4n) is 2.63. The van der Waals surface area contributed by atoms with Crippen LogP contribution in [0.15, 0.2) is 41.0 Å². The smallest absolute Gasteiger partial charge is 0.387 e. The number of nitrogens with one attached hydrogen (secondary N) is 2. The Morgan fingerprint density at radius 2 is 2.14 bits per heavy atom. The first-order valence-electron chi connectivity index (χ1n) is 9.15. The molecule has 2 aromatic heterocycles. The lowest BCUT2D eigenvalue weighted by atomic mass is 10.2. The van der Waals surface area contributed by atoms with E-state index in [0.717, 1.165) is 17.1 Å². The van der Waals surface area contributed by atoms with Crippen molar-refractivity contribution >= 4 is 22.3 Å². The number of imidazole rings is 1. The van der Waals surface area contributed by atoms with Crippen LogP contribution in [0.3, 0.4) is 0 Å². The van der Waals surface area contributed by atoms with Crippen LogP contribution in [0.2, 0.25) is 0 Å². The van der Waals surface area contributed by atoms with Crippen molar-refractivity contribution in [3.05, 3.63) is 47.2 Å². The van der Waals surface area contributed by atoms with Gasteiger partial charge in [-0.15, -0.1) is 11.3 Å². The van der Waals surface area contributed by atoms with Crippen LogP contribution in [0.1, 0.15) is 24.6 Å². The zero-order valence-corrected chi connectivity index (χ0v) is 17.0. The summed E-state index contributed by atoms with van der Waals surface area (Å²) in [6, 6.07) is 4.92. The number of halogens is 2. The van der Waals surface area contributed by atoms with Crippen LogP contribution in [0.4, 0.5) is 8.78 Å². The van der Waals surface area contributed by atoms with E-state index in [4.69, 9.17) is 4.74 Å². The van der Waals surface area contributed by atoms with Gasteiger partial charge >= 0.3 is 6.61 Å². The number of rotatable bonds is 9. The van der Waals surface area contributed by atoms with Gasteiger partial charge in [-0.3, -0.25) is 9.39 Å². The maximum Gasteiger partial charge on any atom is 0.387 e. The van der Waals surface area contributed by atoms with E-state index in [2.05, 4.69) is 25.3 Å². The number of hydrogen-bond acceptors (Lipinski definition) is 5. The molecule has 0 radical (unpaired) electrons. The maximum absolute atomic E-state index is 12.8. The largest absolute Gasteiger partial charge is 0.493 e. The van der Waals surface area contributed by atoms with E-state index < -0.39 is 6.61 Å². The van der Waals surface area contributed by atoms with Crippen LogP contribution in [-0.4, -0.2) is 35.6 Å². The Morgan fingerprint density at radius 1 is 1.31 bits per heavy atom. The molecule has 0 fully saturated rings. The first-order valence-corrected chi connectivity index (χ1v) is 10.0. The van der Waals surface area contributed by atoms with Gasteiger partial charge in [-0.05, 0) is 18.6 Å². The third kappa shape index (κ3) is 5.80. The maximum atomic E-state index is 12.8. The highest BCUT2D eigenvalue weighted by Crippen LogP contribution is 2.26. The molecule has 0 saturated heterocycles. The highest BCUT2D eigenvalue weighted by Gasteiger charge is 2.12. The lowest BCUT2D eigenvalue weighted by Crippen LogP contribution is -2.36. The lowest BCUT2D eigenvalue weighted by Gasteiger charge is -2.15. The Bertz CT molecular complexity index is 929. The van der Waals surface area contributed by atoms with Crippen LogP contribution in [0.25, 0.3) is 4.96 Å². The molecule has 0 atom stereocenters. The van der Waals surface area contributed by atoms with Gasteiger partial charge in [0.25, 0.3) is 0 Å². The number of thiazole rings is 1. The van der Waals surface area contributed by atoms with Crippen molar-refractivity contribution < 1.29 is 18.3 Å². The fraction of sp³-hybridized carbons (Fsp3) is 0.368. The normalized spacial score (nSPS) is 11.8. The van der Waals surface area contributed by atoms with Crippen LogP contribution >= 0.6 is 11.3 Å². The minimum Gasteiger partial charge on any atom is -0.493 e. The number of guanidine groups is 1. The van der Waals surface area contributed by atoms with Gasteiger partial charge in [0, 0.05) is 43.0 Å². The quantitative estimate of drug-likeness (QED) is 0.406. The molecule has 7 nitrogen and oxygen atoms in total. The monoisotopic (exact) mass is 423 g/mol. The van der Waals surface area contributed by atoms with Gasteiger partial charge in [0.15, 0.2) is 10.9 Å². The van der Waals surface area contributed by atoms with Crippen molar-refractivity contribution in [2.24, 2.45) is 4.99 Å². The number of aliphatic imine (C=N–C) groups is 1. The Balaban J connectivity index is 1.60. The highest BCUT2D eigenvalue weighted by molar-refractivity contribution is 7.15. The van der Waals surface area contributed by atoms with E-state index in [-0.39, 0.29) is 12.3 Å². The molecular weight excluding hydrogens is 400 g/mol. The minimum absolute atomic E-state index is 0.0749. The molecule has 0 aliphatic heterocycles. The predicted octanol–water partition coefficient (Wildman–Crippen LogP) is 3.65. The van der Waals surface area contributed by atoms with Crippen LogP contribution in [-0.2, 0) is 13.1 Å². The summed E-state index contributed by atoms with van der Waals surface area (Å²) in [5, 5.41) is 8.23. The minimum atomic E-state index is -2.91. The Hall–Kier alpha value is -2.88. The summed E-state index contributed by atoms with van der Waals surface area (Å²) in [5.74, 6) is 1.09. The summed E-state index contributed by atoms with van der Waals surface area (Å²) < 4.78 is 37.7. The van der Waals surface area contributed by atoms with Gasteiger partial charge < -0.3 is 20.1 Å². The van der Waals surface area contributed by atoms with Crippen molar-refractivity contribution in [3.8, 4) is 11.5 Å². The van der Waals surface area contributed by atoms with Gasteiger partial charge in [-0.25, -0.2) is 4.98 Å². The molecule has 156 valence electrons. The van der Waals surface area contributed by atoms with Gasteiger partial charge in [0.2, 0.25) is 0 Å². The predicted molar refractivity (Wildman–Crippen MR) is 109 cm³/mol. The standard InChI is InChI=1S/C19H23F2N5O2S/c1-3-7-27-15-5-4-13(16(9-15)28-17(20)21)10-23-18(22-2)24-11-14-12-26-6-8-29-19(26)25-14/h4-6,8-9,12,17H,3,7,10-11H2,1-2H3,(H2,22,23,24). The summed E-state index contributed by atoms with van der Waals surface area (Å²) in [7, 11) is 1.64. The summed E-state index contributed by atoms with van der Waals surface area (Å²) in [6.07, 6.45) is 4.71. The molecule has 1 aromatic carbocycles. The average molecular weight is 423 g/mol. The molecule has 0 bridgehead atoms. The molecule has 10 heteroatoms. The Morgan fingerprint density at radius 3 is 2.86 bits per heavy atom. The Kier molecular flexibility index (Phi) is 7.23. The van der Waals surface area contributed by atoms with E-state index in [9.17, 15) is 8.78 Å². The molecule has 0 unspecified atom stereocenters. The second-order valence-electron chi connectivity index (χ2n) is 6.10. The van der Waals surface area contributed by atoms with E-state index in [1.165, 1.54) is 6.07 Å². The molecule has 0 saturated carbocycles. The van der Waals surface area contributed by atoms with Crippen LogP contribution in [0, 0.1) is 0 Å². The van der Waals surface area contributed by atoms with E-state index in [0.29, 0.717) is 30.4 Å². The van der Waals surface area contributed by atoms with Crippen molar-refractivity contribution in [3.63, 3.8) is 0 Å². The number of benzene rings is 1. The molecular formula is C19H23F2N5O2S. The van der Waals surface area contributed by atoms with E-state index in [1.807, 2.05) is 29.1 Å². The lowest BCUT2D eigenvalue weighted by molar-refractivity contribution is -0.0505. The number of alkyl halides is 2. The zero-order valence-electron chi connectivity index (χ0n) is 16.2. The van der Waals surface area contributed by atoms with Gasteiger partial charge in [0.05, 0.1) is 18.8 Å². The second-order valence-corrected chi connectivity index (χ2v) is 6.97. The fourth-order valence-corrected chi connectivity index (χ4v) is 3.35. The van der Waals surface area contributed by atoms with Crippen molar-refractivity contribution in [2.75, 3.05) is 13.7 Å². The molecule has 29 heavy (non-hydrogen) atoms. The summed E-state index contributed by atoms with van der Waals surface area (Å²) in [6.45, 7) is 0.308.